The van der Waals surface area contributed by atoms with Gasteiger partial charge in [0.1, 0.15) is 5.69 Å². The molecule has 0 bridgehead atoms. The van der Waals surface area contributed by atoms with Gasteiger partial charge < -0.3 is 15.8 Å². The third kappa shape index (κ3) is 2.94. The van der Waals surface area contributed by atoms with Crippen LogP contribution >= 0.6 is 0 Å². The molecule has 2 heterocycles. The summed E-state index contributed by atoms with van der Waals surface area (Å²) in [5.74, 6) is 1.29. The maximum absolute atomic E-state index is 8.68. The third-order valence-electron chi connectivity index (χ3n) is 3.71. The Morgan fingerprint density at radius 1 is 1.53 bits per heavy atom. The smallest absolute Gasteiger partial charge is 0.225 e. The number of rotatable bonds is 2. The quantitative estimate of drug-likeness (QED) is 0.365. The van der Waals surface area contributed by atoms with Crippen LogP contribution in [0.1, 0.15) is 32.9 Å². The third-order valence-corrected chi connectivity index (χ3v) is 3.71. The van der Waals surface area contributed by atoms with Gasteiger partial charge in [-0.3, -0.25) is 0 Å². The van der Waals surface area contributed by atoms with Crippen molar-refractivity contribution >= 4 is 11.8 Å². The molecule has 1 aliphatic rings. The van der Waals surface area contributed by atoms with E-state index in [0.717, 1.165) is 19.5 Å². The molecule has 6 nitrogen and oxygen atoms in total. The molecular weight excluding hydrogens is 242 g/mol. The first kappa shape index (κ1) is 13.6. The highest BCUT2D eigenvalue weighted by Gasteiger charge is 2.32. The molecule has 6 heteroatoms. The number of nitrogens with zero attached hydrogens (tertiary/aromatic N) is 4. The van der Waals surface area contributed by atoms with Crippen molar-refractivity contribution < 1.29 is 5.21 Å². The molecule has 0 radical (unpaired) electrons. The van der Waals surface area contributed by atoms with Gasteiger partial charge in [-0.15, -0.1) is 0 Å². The average molecular weight is 263 g/mol. The second-order valence-electron chi connectivity index (χ2n) is 6.02. The number of aromatic nitrogens is 2. The van der Waals surface area contributed by atoms with Crippen LogP contribution < -0.4 is 10.6 Å². The van der Waals surface area contributed by atoms with E-state index in [4.69, 9.17) is 10.9 Å². The molecule has 1 fully saturated rings. The molecule has 0 amide bonds. The van der Waals surface area contributed by atoms with E-state index in [1.807, 2.05) is 0 Å². The number of oxime groups is 1. The van der Waals surface area contributed by atoms with Gasteiger partial charge in [-0.1, -0.05) is 25.9 Å². The molecule has 0 saturated carbocycles. The van der Waals surface area contributed by atoms with E-state index in [1.54, 1.807) is 12.3 Å². The Labute approximate surface area is 113 Å². The maximum atomic E-state index is 8.68. The average Bonchev–Trinajstić information content (AvgIpc) is 2.87. The SMILES string of the molecule is CC(C)(C)C1CCN(c2nccc(/C(N)=N/O)n2)C1. The minimum Gasteiger partial charge on any atom is -0.409 e. The van der Waals surface area contributed by atoms with Crippen LogP contribution in [0.5, 0.6) is 0 Å². The first-order valence-electron chi connectivity index (χ1n) is 6.47. The lowest BCUT2D eigenvalue weighted by atomic mass is 9.80. The lowest BCUT2D eigenvalue weighted by Crippen LogP contribution is -2.27. The van der Waals surface area contributed by atoms with Gasteiger partial charge in [-0.2, -0.15) is 0 Å². The van der Waals surface area contributed by atoms with Gasteiger partial charge in [-0.25, -0.2) is 9.97 Å². The van der Waals surface area contributed by atoms with Crippen LogP contribution in [-0.2, 0) is 0 Å². The number of nitrogens with two attached hydrogens (primary N) is 1. The van der Waals surface area contributed by atoms with Crippen LogP contribution in [0.15, 0.2) is 17.4 Å². The molecule has 19 heavy (non-hydrogen) atoms. The summed E-state index contributed by atoms with van der Waals surface area (Å²) in [6.45, 7) is 8.67. The Bertz CT molecular complexity index is 480. The molecule has 1 aromatic rings. The van der Waals surface area contributed by atoms with Crippen molar-refractivity contribution in [2.75, 3.05) is 18.0 Å². The molecule has 3 N–H and O–H groups in total. The number of hydrogen-bond acceptors (Lipinski definition) is 5. The summed E-state index contributed by atoms with van der Waals surface area (Å²) in [4.78, 5) is 10.8. The van der Waals surface area contributed by atoms with E-state index in [0.29, 0.717) is 17.6 Å². The molecule has 2 rings (SSSR count). The van der Waals surface area contributed by atoms with Crippen LogP contribution in [0.3, 0.4) is 0 Å². The van der Waals surface area contributed by atoms with Crippen LogP contribution in [0.2, 0.25) is 0 Å². The Morgan fingerprint density at radius 3 is 2.84 bits per heavy atom. The Balaban J connectivity index is 2.16. The zero-order valence-electron chi connectivity index (χ0n) is 11.7. The van der Waals surface area contributed by atoms with Gasteiger partial charge >= 0.3 is 0 Å². The minimum absolute atomic E-state index is 0.00946. The van der Waals surface area contributed by atoms with Gasteiger partial charge in [-0.05, 0) is 23.8 Å². The summed E-state index contributed by atoms with van der Waals surface area (Å²) in [6, 6.07) is 1.63. The molecule has 1 unspecified atom stereocenters. The first-order chi connectivity index (χ1) is 8.91. The molecule has 0 aliphatic carbocycles. The standard InChI is InChI=1S/C13H21N5O/c1-13(2,3)9-5-7-18(8-9)12-15-6-4-10(16-12)11(14)17-19/h4,6,9,19H,5,7-8H2,1-3H3,(H2,14,17). The van der Waals surface area contributed by atoms with Crippen LogP contribution in [-0.4, -0.2) is 34.1 Å². The lowest BCUT2D eigenvalue weighted by Gasteiger charge is -2.26. The number of hydrogen-bond donors (Lipinski definition) is 2. The fourth-order valence-corrected chi connectivity index (χ4v) is 2.34. The highest BCUT2D eigenvalue weighted by molar-refractivity contribution is 5.95. The van der Waals surface area contributed by atoms with Crippen LogP contribution in [0.4, 0.5) is 5.95 Å². The van der Waals surface area contributed by atoms with E-state index in [9.17, 15) is 0 Å². The summed E-state index contributed by atoms with van der Waals surface area (Å²) in [5.41, 5.74) is 6.29. The maximum Gasteiger partial charge on any atom is 0.225 e. The van der Waals surface area contributed by atoms with Crippen molar-refractivity contribution in [2.24, 2.45) is 22.2 Å². The highest BCUT2D eigenvalue weighted by atomic mass is 16.4. The molecule has 1 aliphatic heterocycles. The fraction of sp³-hybridized carbons (Fsp3) is 0.615. The fourth-order valence-electron chi connectivity index (χ4n) is 2.34. The normalized spacial score (nSPS) is 20.9. The van der Waals surface area contributed by atoms with Gasteiger partial charge in [0.25, 0.3) is 0 Å². The summed E-state index contributed by atoms with van der Waals surface area (Å²) >= 11 is 0. The molecule has 0 spiro atoms. The van der Waals surface area contributed by atoms with Crippen molar-refractivity contribution in [3.63, 3.8) is 0 Å². The summed E-state index contributed by atoms with van der Waals surface area (Å²) < 4.78 is 0. The second kappa shape index (κ2) is 5.03. The van der Waals surface area contributed by atoms with Gasteiger partial charge in [0, 0.05) is 19.3 Å². The van der Waals surface area contributed by atoms with E-state index in [2.05, 4.69) is 40.8 Å². The zero-order valence-corrected chi connectivity index (χ0v) is 11.7. The minimum atomic E-state index is 0.00946. The van der Waals surface area contributed by atoms with Crippen LogP contribution in [0, 0.1) is 11.3 Å². The molecule has 1 aromatic heterocycles. The lowest BCUT2D eigenvalue weighted by molar-refractivity contribution is 0.263. The molecule has 1 saturated heterocycles. The first-order valence-corrected chi connectivity index (χ1v) is 6.47. The monoisotopic (exact) mass is 263 g/mol. The predicted molar refractivity (Wildman–Crippen MR) is 74.3 cm³/mol. The number of amidine groups is 1. The van der Waals surface area contributed by atoms with E-state index in [1.165, 1.54) is 0 Å². The molecule has 1 atom stereocenters. The molecule has 104 valence electrons. The largest absolute Gasteiger partial charge is 0.409 e. The Morgan fingerprint density at radius 2 is 2.26 bits per heavy atom. The zero-order chi connectivity index (χ0) is 14.0. The second-order valence-corrected chi connectivity index (χ2v) is 6.02. The molecular formula is C13H21N5O. The van der Waals surface area contributed by atoms with Crippen molar-refractivity contribution in [3.8, 4) is 0 Å². The summed E-state index contributed by atoms with van der Waals surface area (Å²) in [6.07, 6.45) is 2.78. The van der Waals surface area contributed by atoms with Crippen molar-refractivity contribution in [3.05, 3.63) is 18.0 Å². The molecule has 0 aromatic carbocycles. The van der Waals surface area contributed by atoms with Gasteiger partial charge in [0.15, 0.2) is 5.84 Å². The Hall–Kier alpha value is -1.85. The Kier molecular flexibility index (Phi) is 3.59. The van der Waals surface area contributed by atoms with Gasteiger partial charge in [0.2, 0.25) is 5.95 Å². The van der Waals surface area contributed by atoms with Gasteiger partial charge in [0.05, 0.1) is 0 Å². The van der Waals surface area contributed by atoms with E-state index < -0.39 is 0 Å². The summed E-state index contributed by atoms with van der Waals surface area (Å²) in [7, 11) is 0. The predicted octanol–water partition coefficient (Wildman–Crippen LogP) is 1.44. The summed E-state index contributed by atoms with van der Waals surface area (Å²) in [5, 5.41) is 11.6. The topological polar surface area (TPSA) is 87.6 Å². The van der Waals surface area contributed by atoms with E-state index in [-0.39, 0.29) is 11.3 Å². The van der Waals surface area contributed by atoms with E-state index >= 15 is 0 Å². The highest BCUT2D eigenvalue weighted by Crippen LogP contribution is 2.34. The van der Waals surface area contributed by atoms with Crippen molar-refractivity contribution in [1.29, 1.82) is 0 Å². The number of anilines is 1. The van der Waals surface area contributed by atoms with Crippen molar-refractivity contribution in [2.45, 2.75) is 27.2 Å². The van der Waals surface area contributed by atoms with Crippen molar-refractivity contribution in [1.82, 2.24) is 9.97 Å². The van der Waals surface area contributed by atoms with Crippen LogP contribution in [0.25, 0.3) is 0 Å².